The molecule has 1 aliphatic rings. The van der Waals surface area contributed by atoms with Crippen LogP contribution in [0.5, 0.6) is 0 Å². The number of allylic oxidation sites excluding steroid dienone is 1. The van der Waals surface area contributed by atoms with Crippen LogP contribution in [0.3, 0.4) is 0 Å². The highest BCUT2D eigenvalue weighted by atomic mass is 15.2. The van der Waals surface area contributed by atoms with Crippen molar-refractivity contribution in [2.75, 3.05) is 0 Å². The SMILES string of the molecule is CC(NN)C1=CCCCCC1. The van der Waals surface area contributed by atoms with E-state index in [1.165, 1.54) is 37.7 Å². The Bertz CT molecular complexity index is 140. The van der Waals surface area contributed by atoms with E-state index < -0.39 is 0 Å². The molecule has 1 rings (SSSR count). The maximum absolute atomic E-state index is 5.36. The van der Waals surface area contributed by atoms with Crippen LogP contribution in [-0.4, -0.2) is 6.04 Å². The Labute approximate surface area is 68.8 Å². The standard InChI is InChI=1S/C9H18N2/c1-8(11-10)9-6-4-2-3-5-7-9/h6,8,11H,2-5,7,10H2,1H3. The van der Waals surface area contributed by atoms with Crippen molar-refractivity contribution in [1.82, 2.24) is 5.43 Å². The molecule has 1 atom stereocenters. The van der Waals surface area contributed by atoms with E-state index in [9.17, 15) is 0 Å². The van der Waals surface area contributed by atoms with Gasteiger partial charge in [-0.25, -0.2) is 0 Å². The second-order valence-electron chi connectivity index (χ2n) is 3.27. The van der Waals surface area contributed by atoms with Crippen molar-refractivity contribution in [3.8, 4) is 0 Å². The van der Waals surface area contributed by atoms with Crippen molar-refractivity contribution >= 4 is 0 Å². The Balaban J connectivity index is 2.46. The van der Waals surface area contributed by atoms with Gasteiger partial charge in [-0.1, -0.05) is 18.1 Å². The van der Waals surface area contributed by atoms with Crippen molar-refractivity contribution in [3.63, 3.8) is 0 Å². The molecule has 2 heteroatoms. The number of hydrogen-bond acceptors (Lipinski definition) is 2. The molecule has 64 valence electrons. The van der Waals surface area contributed by atoms with Crippen LogP contribution in [0, 0.1) is 0 Å². The molecule has 0 aliphatic heterocycles. The Kier molecular flexibility index (Phi) is 3.60. The quantitative estimate of drug-likeness (QED) is 0.361. The molecular formula is C9H18N2. The smallest absolute Gasteiger partial charge is 0.0391 e. The number of hydrogen-bond donors (Lipinski definition) is 2. The van der Waals surface area contributed by atoms with Crippen LogP contribution < -0.4 is 11.3 Å². The predicted octanol–water partition coefficient (Wildman–Crippen LogP) is 1.73. The Hall–Kier alpha value is -0.340. The Morgan fingerprint density at radius 2 is 2.27 bits per heavy atom. The maximum atomic E-state index is 5.36. The summed E-state index contributed by atoms with van der Waals surface area (Å²) < 4.78 is 0. The average Bonchev–Trinajstić information content (AvgIpc) is 2.30. The first-order valence-electron chi connectivity index (χ1n) is 4.49. The van der Waals surface area contributed by atoms with Gasteiger partial charge in [0, 0.05) is 6.04 Å². The summed E-state index contributed by atoms with van der Waals surface area (Å²) in [5.41, 5.74) is 4.28. The van der Waals surface area contributed by atoms with Gasteiger partial charge in [-0.15, -0.1) is 0 Å². The molecule has 0 fully saturated rings. The van der Waals surface area contributed by atoms with E-state index in [1.54, 1.807) is 0 Å². The summed E-state index contributed by atoms with van der Waals surface area (Å²) in [5.74, 6) is 5.36. The molecule has 11 heavy (non-hydrogen) atoms. The van der Waals surface area contributed by atoms with E-state index >= 15 is 0 Å². The van der Waals surface area contributed by atoms with E-state index in [1.807, 2.05) is 0 Å². The van der Waals surface area contributed by atoms with Crippen molar-refractivity contribution in [2.45, 2.75) is 45.1 Å². The molecule has 0 heterocycles. The lowest BCUT2D eigenvalue weighted by molar-refractivity contribution is 0.605. The largest absolute Gasteiger partial charge is 0.271 e. The Morgan fingerprint density at radius 3 is 3.00 bits per heavy atom. The van der Waals surface area contributed by atoms with Gasteiger partial charge < -0.3 is 0 Å². The van der Waals surface area contributed by atoms with Crippen LogP contribution in [0.25, 0.3) is 0 Å². The molecular weight excluding hydrogens is 136 g/mol. The highest BCUT2D eigenvalue weighted by Crippen LogP contribution is 2.19. The summed E-state index contributed by atoms with van der Waals surface area (Å²) in [6.07, 6.45) is 8.86. The third-order valence-electron chi connectivity index (χ3n) is 2.38. The third-order valence-corrected chi connectivity index (χ3v) is 2.38. The minimum Gasteiger partial charge on any atom is -0.271 e. The van der Waals surface area contributed by atoms with Crippen molar-refractivity contribution in [2.24, 2.45) is 5.84 Å². The summed E-state index contributed by atoms with van der Waals surface area (Å²) >= 11 is 0. The molecule has 0 amide bonds. The fraction of sp³-hybridized carbons (Fsp3) is 0.778. The van der Waals surface area contributed by atoms with Crippen molar-refractivity contribution in [3.05, 3.63) is 11.6 Å². The molecule has 0 aromatic heterocycles. The number of nitrogens with two attached hydrogens (primary N) is 1. The monoisotopic (exact) mass is 154 g/mol. The number of nitrogens with one attached hydrogen (secondary N) is 1. The normalized spacial score (nSPS) is 22.2. The fourth-order valence-electron chi connectivity index (χ4n) is 1.54. The first-order chi connectivity index (χ1) is 5.34. The van der Waals surface area contributed by atoms with Gasteiger partial charge in [0.1, 0.15) is 0 Å². The lowest BCUT2D eigenvalue weighted by Crippen LogP contribution is -2.33. The minimum absolute atomic E-state index is 0.369. The number of rotatable bonds is 2. The molecule has 0 saturated heterocycles. The first kappa shape index (κ1) is 8.75. The van der Waals surface area contributed by atoms with Crippen LogP contribution in [-0.2, 0) is 0 Å². The van der Waals surface area contributed by atoms with Crippen LogP contribution in [0.2, 0.25) is 0 Å². The highest BCUT2D eigenvalue weighted by Gasteiger charge is 2.07. The molecule has 3 N–H and O–H groups in total. The Morgan fingerprint density at radius 1 is 1.45 bits per heavy atom. The van der Waals surface area contributed by atoms with Crippen LogP contribution >= 0.6 is 0 Å². The average molecular weight is 154 g/mol. The topological polar surface area (TPSA) is 38.0 Å². The van der Waals surface area contributed by atoms with E-state index in [4.69, 9.17) is 5.84 Å². The van der Waals surface area contributed by atoms with E-state index in [2.05, 4.69) is 18.4 Å². The molecule has 1 unspecified atom stereocenters. The zero-order chi connectivity index (χ0) is 8.10. The van der Waals surface area contributed by atoms with Gasteiger partial charge in [-0.3, -0.25) is 11.3 Å². The third kappa shape index (κ3) is 2.64. The number of hydrazine groups is 1. The second kappa shape index (κ2) is 4.52. The van der Waals surface area contributed by atoms with Gasteiger partial charge in [0.15, 0.2) is 0 Å². The molecule has 0 aromatic rings. The fourth-order valence-corrected chi connectivity index (χ4v) is 1.54. The molecule has 0 spiro atoms. The summed E-state index contributed by atoms with van der Waals surface area (Å²) in [5, 5.41) is 0. The van der Waals surface area contributed by atoms with Gasteiger partial charge in [-0.05, 0) is 32.6 Å². The summed E-state index contributed by atoms with van der Waals surface area (Å²) in [6.45, 7) is 2.12. The van der Waals surface area contributed by atoms with Crippen LogP contribution in [0.1, 0.15) is 39.0 Å². The highest BCUT2D eigenvalue weighted by molar-refractivity contribution is 5.10. The molecule has 0 bridgehead atoms. The zero-order valence-electron chi connectivity index (χ0n) is 7.27. The van der Waals surface area contributed by atoms with E-state index in [-0.39, 0.29) is 0 Å². The van der Waals surface area contributed by atoms with Gasteiger partial charge in [0.05, 0.1) is 0 Å². The molecule has 0 aromatic carbocycles. The van der Waals surface area contributed by atoms with Gasteiger partial charge >= 0.3 is 0 Å². The predicted molar refractivity (Wildman–Crippen MR) is 48.0 cm³/mol. The second-order valence-corrected chi connectivity index (χ2v) is 3.27. The van der Waals surface area contributed by atoms with Crippen LogP contribution in [0.4, 0.5) is 0 Å². The maximum Gasteiger partial charge on any atom is 0.0391 e. The lowest BCUT2D eigenvalue weighted by Gasteiger charge is -2.13. The van der Waals surface area contributed by atoms with Gasteiger partial charge in [0.2, 0.25) is 0 Å². The summed E-state index contributed by atoms with van der Waals surface area (Å²) in [6, 6.07) is 0.369. The van der Waals surface area contributed by atoms with Crippen molar-refractivity contribution in [1.29, 1.82) is 0 Å². The lowest BCUT2D eigenvalue weighted by atomic mass is 10.0. The van der Waals surface area contributed by atoms with E-state index in [0.717, 1.165) is 0 Å². The minimum atomic E-state index is 0.369. The van der Waals surface area contributed by atoms with Crippen molar-refractivity contribution < 1.29 is 0 Å². The van der Waals surface area contributed by atoms with Gasteiger partial charge in [0.25, 0.3) is 0 Å². The van der Waals surface area contributed by atoms with E-state index in [0.29, 0.717) is 6.04 Å². The van der Waals surface area contributed by atoms with Gasteiger partial charge in [-0.2, -0.15) is 0 Å². The summed E-state index contributed by atoms with van der Waals surface area (Å²) in [7, 11) is 0. The summed E-state index contributed by atoms with van der Waals surface area (Å²) in [4.78, 5) is 0. The molecule has 0 radical (unpaired) electrons. The molecule has 1 aliphatic carbocycles. The first-order valence-corrected chi connectivity index (χ1v) is 4.49. The molecule has 0 saturated carbocycles. The zero-order valence-corrected chi connectivity index (χ0v) is 7.27. The molecule has 2 nitrogen and oxygen atoms in total. The van der Waals surface area contributed by atoms with Crippen LogP contribution in [0.15, 0.2) is 11.6 Å².